The van der Waals surface area contributed by atoms with Gasteiger partial charge in [-0.3, -0.25) is 0 Å². The minimum Gasteiger partial charge on any atom is -0.245 e. The number of rotatable bonds is 4. The zero-order valence-corrected chi connectivity index (χ0v) is 8.27. The van der Waals surface area contributed by atoms with E-state index in [1.807, 2.05) is 13.8 Å². The molecule has 76 valence electrons. The minimum atomic E-state index is -0.480. The van der Waals surface area contributed by atoms with Crippen LogP contribution in [0.1, 0.15) is 13.8 Å². The van der Waals surface area contributed by atoms with Gasteiger partial charge < -0.3 is 0 Å². The van der Waals surface area contributed by atoms with E-state index >= 15 is 0 Å². The lowest BCUT2D eigenvalue weighted by molar-refractivity contribution is 0.242. The van der Waals surface area contributed by atoms with Crippen LogP contribution in [0.3, 0.4) is 0 Å². The molecule has 0 heterocycles. The van der Waals surface area contributed by atoms with E-state index in [0.717, 1.165) is 0 Å². The van der Waals surface area contributed by atoms with Crippen molar-refractivity contribution in [3.8, 4) is 0 Å². The monoisotopic (exact) mass is 194 g/mol. The molecule has 0 atom stereocenters. The zero-order chi connectivity index (χ0) is 10.6. The molecule has 5 nitrogen and oxygen atoms in total. The lowest BCUT2D eigenvalue weighted by Crippen LogP contribution is -2.28. The highest BCUT2D eigenvalue weighted by atomic mass is 16.2. The van der Waals surface area contributed by atoms with Crippen molar-refractivity contribution in [1.29, 1.82) is 0 Å². The van der Waals surface area contributed by atoms with Gasteiger partial charge in [0.25, 0.3) is 0 Å². The highest BCUT2D eigenvalue weighted by Crippen LogP contribution is 1.68. The van der Waals surface area contributed by atoms with E-state index in [4.69, 9.17) is 0 Å². The fourth-order valence-electron chi connectivity index (χ4n) is 0.475. The molecule has 0 spiro atoms. The third-order valence-corrected chi connectivity index (χ3v) is 1.04. The topological polar surface area (TPSA) is 65.8 Å². The fraction of sp³-hybridized carbons (Fsp3) is 0.222. The summed E-state index contributed by atoms with van der Waals surface area (Å²) in [5, 5.41) is 7.19. The Bertz CT molecular complexity index is 240. The van der Waals surface area contributed by atoms with Crippen LogP contribution in [0.25, 0.3) is 0 Å². The van der Waals surface area contributed by atoms with E-state index in [2.05, 4.69) is 21.1 Å². The maximum atomic E-state index is 10.9. The molecule has 14 heavy (non-hydrogen) atoms. The van der Waals surface area contributed by atoms with E-state index in [1.54, 1.807) is 24.3 Å². The predicted molar refractivity (Wildman–Crippen MR) is 58.3 cm³/mol. The number of carbonyl (C=O) groups is 1. The Morgan fingerprint density at radius 2 is 1.43 bits per heavy atom. The Balaban J connectivity index is 3.65. The second-order valence-electron chi connectivity index (χ2n) is 2.16. The summed E-state index contributed by atoms with van der Waals surface area (Å²) >= 11 is 0. The van der Waals surface area contributed by atoms with Gasteiger partial charge in [0, 0.05) is 12.4 Å². The molecule has 2 amide bonds. The maximum absolute atomic E-state index is 10.9. The van der Waals surface area contributed by atoms with Crippen molar-refractivity contribution in [1.82, 2.24) is 10.9 Å². The van der Waals surface area contributed by atoms with Gasteiger partial charge in [0.15, 0.2) is 0 Å². The Labute approximate surface area is 83.3 Å². The molecule has 0 aliphatic heterocycles. The van der Waals surface area contributed by atoms with Gasteiger partial charge in [-0.05, 0) is 26.0 Å². The number of allylic oxidation sites excluding steroid dienone is 4. The molecule has 0 bridgehead atoms. The van der Waals surface area contributed by atoms with Gasteiger partial charge in [0.2, 0.25) is 0 Å². The third-order valence-electron chi connectivity index (χ3n) is 1.04. The molecular weight excluding hydrogens is 180 g/mol. The van der Waals surface area contributed by atoms with Crippen LogP contribution in [0.4, 0.5) is 4.79 Å². The largest absolute Gasteiger partial charge is 0.355 e. The van der Waals surface area contributed by atoms with Crippen LogP contribution in [-0.2, 0) is 0 Å². The first-order chi connectivity index (χ1) is 6.81. The molecule has 0 rings (SSSR count). The highest BCUT2D eigenvalue weighted by molar-refractivity contribution is 5.78. The van der Waals surface area contributed by atoms with Gasteiger partial charge in [-0.25, -0.2) is 15.6 Å². The number of urea groups is 1. The zero-order valence-electron chi connectivity index (χ0n) is 8.27. The average Bonchev–Trinajstić information content (AvgIpc) is 2.19. The van der Waals surface area contributed by atoms with Crippen LogP contribution >= 0.6 is 0 Å². The predicted octanol–water partition coefficient (Wildman–Crippen LogP) is 1.41. The summed E-state index contributed by atoms with van der Waals surface area (Å²) in [6, 6.07) is -0.480. The number of nitrogens with one attached hydrogen (secondary N) is 2. The van der Waals surface area contributed by atoms with Crippen LogP contribution in [0.15, 0.2) is 34.5 Å². The van der Waals surface area contributed by atoms with E-state index in [1.165, 1.54) is 12.4 Å². The molecule has 2 N–H and O–H groups in total. The van der Waals surface area contributed by atoms with Gasteiger partial charge in [0.1, 0.15) is 0 Å². The quantitative estimate of drug-likeness (QED) is 0.515. The first-order valence-electron chi connectivity index (χ1n) is 4.16. The van der Waals surface area contributed by atoms with E-state index in [0.29, 0.717) is 0 Å². The molecule has 0 aliphatic carbocycles. The molecule has 0 aromatic rings. The highest BCUT2D eigenvalue weighted by Gasteiger charge is 1.90. The van der Waals surface area contributed by atoms with Crippen molar-refractivity contribution in [3.63, 3.8) is 0 Å². The lowest BCUT2D eigenvalue weighted by atomic mass is 10.6. The maximum Gasteiger partial charge on any atom is 0.355 e. The fourth-order valence-corrected chi connectivity index (χ4v) is 0.475. The number of hydrazone groups is 2. The van der Waals surface area contributed by atoms with Crippen LogP contribution in [0.2, 0.25) is 0 Å². The summed E-state index contributed by atoms with van der Waals surface area (Å²) in [5.41, 5.74) is 4.45. The normalized spacial score (nSPS) is 12.1. The van der Waals surface area contributed by atoms with Crippen LogP contribution < -0.4 is 10.9 Å². The Kier molecular flexibility index (Phi) is 7.93. The first kappa shape index (κ1) is 12.1. The molecule has 0 saturated heterocycles. The van der Waals surface area contributed by atoms with Gasteiger partial charge in [-0.1, -0.05) is 12.2 Å². The minimum absolute atomic E-state index is 0.480. The lowest BCUT2D eigenvalue weighted by Gasteiger charge is -1.94. The summed E-state index contributed by atoms with van der Waals surface area (Å²) in [7, 11) is 0. The number of hydrogen-bond acceptors (Lipinski definition) is 3. The number of nitrogens with zero attached hydrogens (tertiary/aromatic N) is 2. The molecule has 0 fully saturated rings. The van der Waals surface area contributed by atoms with Crippen LogP contribution in [0.5, 0.6) is 0 Å². The summed E-state index contributed by atoms with van der Waals surface area (Å²) in [4.78, 5) is 10.9. The van der Waals surface area contributed by atoms with Crippen molar-refractivity contribution in [3.05, 3.63) is 24.3 Å². The second-order valence-corrected chi connectivity index (χ2v) is 2.16. The summed E-state index contributed by atoms with van der Waals surface area (Å²) in [5.74, 6) is 0. The van der Waals surface area contributed by atoms with Crippen molar-refractivity contribution < 1.29 is 4.79 Å². The van der Waals surface area contributed by atoms with Crippen LogP contribution in [-0.4, -0.2) is 18.5 Å². The summed E-state index contributed by atoms with van der Waals surface area (Å²) in [6.07, 6.45) is 9.93. The average molecular weight is 194 g/mol. The Morgan fingerprint density at radius 3 is 1.79 bits per heavy atom. The summed E-state index contributed by atoms with van der Waals surface area (Å²) in [6.45, 7) is 3.71. The second kappa shape index (κ2) is 9.18. The number of hydrogen-bond donors (Lipinski definition) is 2. The van der Waals surface area contributed by atoms with Crippen LogP contribution in [0, 0.1) is 0 Å². The molecule has 0 aromatic carbocycles. The van der Waals surface area contributed by atoms with Gasteiger partial charge >= 0.3 is 6.03 Å². The first-order valence-corrected chi connectivity index (χ1v) is 4.16. The standard InChI is InChI=1S/C9H14N4O/c1-3-5-7-10-12-9(14)13-11-8-6-4-2/h3-8H,1-2H3,(H2,12,13,14)/b5-3+,6-4+,10-7+,11-8+. The smallest absolute Gasteiger partial charge is 0.245 e. The van der Waals surface area contributed by atoms with Gasteiger partial charge in [-0.2, -0.15) is 10.2 Å². The molecular formula is C9H14N4O. The molecule has 0 saturated carbocycles. The van der Waals surface area contributed by atoms with E-state index in [9.17, 15) is 4.79 Å². The number of amides is 2. The molecule has 5 heteroatoms. The van der Waals surface area contributed by atoms with Crippen molar-refractivity contribution in [2.75, 3.05) is 0 Å². The van der Waals surface area contributed by atoms with Crippen molar-refractivity contribution in [2.24, 2.45) is 10.2 Å². The van der Waals surface area contributed by atoms with E-state index in [-0.39, 0.29) is 0 Å². The van der Waals surface area contributed by atoms with Gasteiger partial charge in [-0.15, -0.1) is 0 Å². The Hall–Kier alpha value is -1.91. The molecule has 0 aromatic heterocycles. The molecule has 0 radical (unpaired) electrons. The van der Waals surface area contributed by atoms with E-state index < -0.39 is 6.03 Å². The van der Waals surface area contributed by atoms with Crippen molar-refractivity contribution >= 4 is 18.5 Å². The van der Waals surface area contributed by atoms with Crippen molar-refractivity contribution in [2.45, 2.75) is 13.8 Å². The SMILES string of the molecule is C/C=C/C=N/NC(=O)N/N=C/C=C/C. The third kappa shape index (κ3) is 8.19. The number of carbonyl (C=O) groups excluding carboxylic acids is 1. The Morgan fingerprint density at radius 1 is 1.00 bits per heavy atom. The summed E-state index contributed by atoms with van der Waals surface area (Å²) < 4.78 is 0. The molecule has 0 unspecified atom stereocenters. The molecule has 0 aliphatic rings. The van der Waals surface area contributed by atoms with Gasteiger partial charge in [0.05, 0.1) is 0 Å².